The maximum Gasteiger partial charge on any atom is 0.317 e. The third-order valence-corrected chi connectivity index (χ3v) is 14.3. The summed E-state index contributed by atoms with van der Waals surface area (Å²) < 4.78 is 16.3. The van der Waals surface area contributed by atoms with Gasteiger partial charge in [0.15, 0.2) is 0 Å². The number of fused-ring (bicyclic) bond motifs is 8. The molecule has 3 N–H and O–H groups in total. The molecule has 14 rings (SSSR count). The summed E-state index contributed by atoms with van der Waals surface area (Å²) >= 11 is 5.81. The molecule has 6 aliphatic rings. The van der Waals surface area contributed by atoms with Gasteiger partial charge < -0.3 is 49.3 Å². The first-order valence-corrected chi connectivity index (χ1v) is 24.4. The zero-order valence-corrected chi connectivity index (χ0v) is 39.5. The Morgan fingerprint density at radius 1 is 0.563 bits per heavy atom. The number of piperazine rings is 2. The molecule has 18 nitrogen and oxygen atoms in total. The van der Waals surface area contributed by atoms with Gasteiger partial charge in [-0.25, -0.2) is 39.5 Å². The minimum absolute atomic E-state index is 0.0319. The molecule has 0 unspecified atom stereocenters. The van der Waals surface area contributed by atoms with Crippen LogP contribution in [-0.2, 0) is 22.7 Å². The van der Waals surface area contributed by atoms with Crippen molar-refractivity contribution in [3.8, 4) is 22.3 Å². The second kappa shape index (κ2) is 19.4. The number of carbonyl (C=O) groups excluding carboxylic acids is 2. The summed E-state index contributed by atoms with van der Waals surface area (Å²) in [6.45, 7) is 8.70. The summed E-state index contributed by atoms with van der Waals surface area (Å²) in [6.07, 6.45) is 7.25. The lowest BCUT2D eigenvalue weighted by Crippen LogP contribution is -2.52. The Labute approximate surface area is 414 Å². The van der Waals surface area contributed by atoms with E-state index in [0.29, 0.717) is 51.5 Å². The predicted octanol–water partition coefficient (Wildman–Crippen LogP) is 6.08. The number of nitrogens with zero attached hydrogens (tertiary/aromatic N) is 11. The van der Waals surface area contributed by atoms with Gasteiger partial charge in [-0.05, 0) is 58.1 Å². The van der Waals surface area contributed by atoms with Crippen LogP contribution < -0.4 is 20.9 Å². The zero-order valence-electron chi connectivity index (χ0n) is 38.8. The van der Waals surface area contributed by atoms with Crippen molar-refractivity contribution in [2.75, 3.05) is 70.5 Å². The molecule has 4 saturated heterocycles. The molecule has 360 valence electrons. The van der Waals surface area contributed by atoms with E-state index in [4.69, 9.17) is 31.0 Å². The van der Waals surface area contributed by atoms with E-state index in [1.165, 1.54) is 11.1 Å². The lowest BCUT2D eigenvalue weighted by Gasteiger charge is -2.36. The molecule has 4 aromatic carbocycles. The van der Waals surface area contributed by atoms with Gasteiger partial charge in [-0.15, -0.1) is 0 Å². The fourth-order valence-corrected chi connectivity index (χ4v) is 10.6. The number of anilines is 1. The molecule has 8 aromatic rings. The van der Waals surface area contributed by atoms with Gasteiger partial charge in [0.1, 0.15) is 24.9 Å². The lowest BCUT2D eigenvalue weighted by atomic mass is 10.1. The highest BCUT2D eigenvalue weighted by Crippen LogP contribution is 2.35. The average molecular weight is 972 g/mol. The molecule has 4 atom stereocenters. The van der Waals surface area contributed by atoms with Crippen molar-refractivity contribution in [1.82, 2.24) is 64.8 Å². The molecule has 19 heteroatoms. The van der Waals surface area contributed by atoms with Crippen LogP contribution in [0, 0.1) is 0 Å². The monoisotopic (exact) mass is 970 g/mol. The first-order valence-electron chi connectivity index (χ1n) is 24.0. The van der Waals surface area contributed by atoms with E-state index in [-0.39, 0.29) is 35.5 Å². The van der Waals surface area contributed by atoms with E-state index < -0.39 is 0 Å². The van der Waals surface area contributed by atoms with Gasteiger partial charge in [0.05, 0.1) is 59.4 Å². The van der Waals surface area contributed by atoms with Gasteiger partial charge in [0.2, 0.25) is 11.2 Å². The summed E-state index contributed by atoms with van der Waals surface area (Å²) in [6, 6.07) is 34.3. The van der Waals surface area contributed by atoms with E-state index >= 15 is 0 Å². The number of halogens is 1. The summed E-state index contributed by atoms with van der Waals surface area (Å²) in [5.41, 5.74) is 10.5. The number of hydrogen-bond acceptors (Lipinski definition) is 12. The largest absolute Gasteiger partial charge is 0.371 e. The number of aromatic nitrogens is 8. The van der Waals surface area contributed by atoms with Gasteiger partial charge in [-0.3, -0.25) is 0 Å². The Kier molecular flexibility index (Phi) is 12.2. The molecule has 0 radical (unpaired) electrons. The van der Waals surface area contributed by atoms with Crippen molar-refractivity contribution in [3.05, 3.63) is 150 Å². The van der Waals surface area contributed by atoms with Crippen LogP contribution in [0.4, 0.5) is 15.5 Å². The molecular weight excluding hydrogens is 920 g/mol. The van der Waals surface area contributed by atoms with E-state index in [1.807, 2.05) is 46.5 Å². The molecule has 0 spiro atoms. The molecule has 4 aromatic heterocycles. The number of nitrogens with one attached hydrogen (secondary N) is 3. The van der Waals surface area contributed by atoms with Crippen LogP contribution in [0.5, 0.6) is 0 Å². The van der Waals surface area contributed by atoms with Gasteiger partial charge in [-0.2, -0.15) is 0 Å². The maximum absolute atomic E-state index is 11.9. The Bertz CT molecular complexity index is 3210. The average Bonchev–Trinajstić information content (AvgIpc) is 4.22. The highest BCUT2D eigenvalue weighted by atomic mass is 35.5. The summed E-state index contributed by atoms with van der Waals surface area (Å²) in [7, 11) is 0. The highest BCUT2D eigenvalue weighted by molar-refractivity contribution is 6.28. The number of imidazole rings is 2. The van der Waals surface area contributed by atoms with E-state index in [9.17, 15) is 9.59 Å². The number of ether oxygens (including phenoxy) is 2. The third-order valence-electron chi connectivity index (χ3n) is 14.1. The minimum atomic E-state index is 0.0319. The van der Waals surface area contributed by atoms with Crippen molar-refractivity contribution in [2.24, 2.45) is 0 Å². The fraction of sp³-hybridized carbons (Fsp3) is 0.308. The smallest absolute Gasteiger partial charge is 0.317 e. The molecule has 4 amide bonds. The van der Waals surface area contributed by atoms with Crippen LogP contribution in [0.2, 0.25) is 5.28 Å². The SMILES string of the molecule is Clc1ncc(-c2ccc3nc4n(c3c2)[C@@H](c2ccccc2)COC4)cn1.O=C1NC[C@H]2CN(c3ncc(-c4ccc5nc6n(c5c4)[C@@H](c4ccccc4)COC6)cn3)CCN12.O=C1NC[C@H]2CNCCN12. The summed E-state index contributed by atoms with van der Waals surface area (Å²) in [5, 5.41) is 9.22. The number of amides is 4. The van der Waals surface area contributed by atoms with Crippen LogP contribution in [0.15, 0.2) is 122 Å². The Morgan fingerprint density at radius 2 is 1.08 bits per heavy atom. The van der Waals surface area contributed by atoms with Gasteiger partial charge in [-0.1, -0.05) is 72.8 Å². The van der Waals surface area contributed by atoms with Gasteiger partial charge in [0, 0.05) is 88.3 Å². The second-order valence-corrected chi connectivity index (χ2v) is 18.7. The molecule has 0 bridgehead atoms. The lowest BCUT2D eigenvalue weighted by molar-refractivity contribution is 0.0679. The normalized spacial score (nSPS) is 21.2. The van der Waals surface area contributed by atoms with Crippen LogP contribution in [-0.4, -0.2) is 139 Å². The fourth-order valence-electron chi connectivity index (χ4n) is 10.5. The molecule has 10 heterocycles. The third kappa shape index (κ3) is 8.88. The van der Waals surface area contributed by atoms with E-state index in [0.717, 1.165) is 95.2 Å². The van der Waals surface area contributed by atoms with Crippen LogP contribution in [0.3, 0.4) is 0 Å². The minimum Gasteiger partial charge on any atom is -0.371 e. The van der Waals surface area contributed by atoms with Gasteiger partial charge in [0.25, 0.3) is 0 Å². The molecular formula is C52H51ClN14O4. The Morgan fingerprint density at radius 3 is 1.63 bits per heavy atom. The molecule has 0 aliphatic carbocycles. The van der Waals surface area contributed by atoms with Crippen LogP contribution >= 0.6 is 11.6 Å². The number of hydrogen-bond donors (Lipinski definition) is 3. The molecule has 6 aliphatic heterocycles. The molecule has 4 fully saturated rings. The number of rotatable bonds is 5. The van der Waals surface area contributed by atoms with Gasteiger partial charge >= 0.3 is 12.1 Å². The van der Waals surface area contributed by atoms with Crippen molar-refractivity contribution in [3.63, 3.8) is 0 Å². The van der Waals surface area contributed by atoms with Crippen molar-refractivity contribution in [1.29, 1.82) is 0 Å². The summed E-state index contributed by atoms with van der Waals surface area (Å²) in [4.78, 5) is 56.0. The zero-order chi connectivity index (χ0) is 47.8. The summed E-state index contributed by atoms with van der Waals surface area (Å²) in [5.74, 6) is 2.60. The van der Waals surface area contributed by atoms with Crippen molar-refractivity contribution < 1.29 is 19.1 Å². The van der Waals surface area contributed by atoms with E-state index in [1.54, 1.807) is 12.4 Å². The Balaban J connectivity index is 0.000000125. The maximum atomic E-state index is 11.9. The van der Waals surface area contributed by atoms with Crippen LogP contribution in [0.1, 0.15) is 34.9 Å². The number of benzene rings is 4. The molecule has 0 saturated carbocycles. The van der Waals surface area contributed by atoms with Crippen LogP contribution in [0.25, 0.3) is 44.3 Å². The Hall–Kier alpha value is -7.51. The van der Waals surface area contributed by atoms with Crippen molar-refractivity contribution >= 4 is 51.7 Å². The predicted molar refractivity (Wildman–Crippen MR) is 268 cm³/mol. The quantitative estimate of drug-likeness (QED) is 0.169. The first kappa shape index (κ1) is 44.7. The number of urea groups is 2. The topological polar surface area (TPSA) is 186 Å². The standard InChI is InChI=1S/C26H25N7O2.C20H15ClN4O.C6H11N3O/c34-26-29-13-20-14-31(8-9-32(20)26)25-27-11-19(12-28-25)18-6-7-21-22(10-18)33-23(15-35-16-24(33)30-21)17-4-2-1-3-5-17;21-20-22-9-15(10-23-20)14-6-7-16-17(8-14)25-18(11-26-12-19(25)24-16)13-4-2-1-3-5-13;10-6-8-4-5-3-7-1-2-9(5)6/h1-7,10-12,20,23H,8-9,13-16H2,(H,29,34);1-10,18H,11-12H2;5,7H,1-4H2,(H,8,10)/t20-,23+;18-;5-/m011/s1. The highest BCUT2D eigenvalue weighted by Gasteiger charge is 2.36. The molecule has 71 heavy (non-hydrogen) atoms. The number of carbonyl (C=O) groups is 2. The van der Waals surface area contributed by atoms with E-state index in [2.05, 4.69) is 123 Å². The first-order chi connectivity index (χ1) is 34.9. The second-order valence-electron chi connectivity index (χ2n) is 18.3. The van der Waals surface area contributed by atoms with Crippen molar-refractivity contribution in [2.45, 2.75) is 37.4 Å².